The van der Waals surface area contributed by atoms with Crippen molar-refractivity contribution in [3.63, 3.8) is 0 Å². The third kappa shape index (κ3) is 3.54. The molecule has 0 radical (unpaired) electrons. The Bertz CT molecular complexity index is 524. The maximum atomic E-state index is 11.7. The Morgan fingerprint density at radius 3 is 2.53 bits per heavy atom. The minimum absolute atomic E-state index is 0.0158. The molecule has 0 spiro atoms. The van der Waals surface area contributed by atoms with E-state index in [1.165, 1.54) is 18.2 Å². The number of sulfonamides is 1. The Labute approximate surface area is 101 Å². The van der Waals surface area contributed by atoms with Gasteiger partial charge in [-0.15, -0.1) is 0 Å². The van der Waals surface area contributed by atoms with Crippen molar-refractivity contribution in [3.8, 4) is 0 Å². The van der Waals surface area contributed by atoms with Crippen molar-refractivity contribution in [1.82, 2.24) is 5.32 Å². The zero-order chi connectivity index (χ0) is 13.1. The molecule has 0 unspecified atom stereocenters. The summed E-state index contributed by atoms with van der Waals surface area (Å²) in [6.07, 6.45) is 0.847. The van der Waals surface area contributed by atoms with E-state index >= 15 is 0 Å². The molecule has 0 saturated carbocycles. The lowest BCUT2D eigenvalue weighted by Crippen LogP contribution is -2.25. The Kier molecular flexibility index (Phi) is 4.25. The maximum absolute atomic E-state index is 11.7. The first-order valence-electron chi connectivity index (χ1n) is 5.28. The number of carbonyl (C=O) groups excluding carboxylic acids is 1. The van der Waals surface area contributed by atoms with E-state index in [0.29, 0.717) is 17.7 Å². The normalized spacial score (nSPS) is 11.2. The van der Waals surface area contributed by atoms with Gasteiger partial charge in [-0.25, -0.2) is 13.6 Å². The van der Waals surface area contributed by atoms with Crippen molar-refractivity contribution in [2.45, 2.75) is 25.2 Å². The lowest BCUT2D eigenvalue weighted by Gasteiger charge is -2.08. The third-order valence-electron chi connectivity index (χ3n) is 2.31. The van der Waals surface area contributed by atoms with Crippen molar-refractivity contribution >= 4 is 15.9 Å². The van der Waals surface area contributed by atoms with Crippen LogP contribution in [0.2, 0.25) is 0 Å². The summed E-state index contributed by atoms with van der Waals surface area (Å²) in [6.45, 7) is 4.22. The molecule has 0 aliphatic rings. The van der Waals surface area contributed by atoms with Crippen molar-refractivity contribution in [3.05, 3.63) is 29.3 Å². The van der Waals surface area contributed by atoms with Gasteiger partial charge in [0, 0.05) is 12.1 Å². The lowest BCUT2D eigenvalue weighted by atomic mass is 10.1. The van der Waals surface area contributed by atoms with Gasteiger partial charge in [-0.05, 0) is 37.1 Å². The van der Waals surface area contributed by atoms with Crippen LogP contribution in [0.25, 0.3) is 0 Å². The predicted octanol–water partition coefficient (Wildman–Crippen LogP) is 0.782. The van der Waals surface area contributed by atoms with E-state index in [-0.39, 0.29) is 10.8 Å². The highest BCUT2D eigenvalue weighted by atomic mass is 32.2. The second kappa shape index (κ2) is 5.29. The van der Waals surface area contributed by atoms with Crippen LogP contribution in [0.5, 0.6) is 0 Å². The number of amides is 1. The zero-order valence-corrected chi connectivity index (χ0v) is 10.7. The topological polar surface area (TPSA) is 89.3 Å². The van der Waals surface area contributed by atoms with Crippen LogP contribution >= 0.6 is 0 Å². The molecule has 0 aliphatic carbocycles. The summed E-state index contributed by atoms with van der Waals surface area (Å²) in [6, 6.07) is 4.21. The van der Waals surface area contributed by atoms with E-state index in [4.69, 9.17) is 5.14 Å². The first-order valence-corrected chi connectivity index (χ1v) is 6.82. The molecule has 0 bridgehead atoms. The van der Waals surface area contributed by atoms with Gasteiger partial charge in [-0.1, -0.05) is 6.92 Å². The van der Waals surface area contributed by atoms with Crippen LogP contribution in [0.1, 0.15) is 29.3 Å². The molecule has 0 saturated heterocycles. The molecule has 1 amide bonds. The van der Waals surface area contributed by atoms with E-state index in [0.717, 1.165) is 6.42 Å². The van der Waals surface area contributed by atoms with Crippen LogP contribution < -0.4 is 10.5 Å². The molecule has 6 heteroatoms. The first kappa shape index (κ1) is 13.7. The second-order valence-electron chi connectivity index (χ2n) is 3.78. The Balaban J connectivity index is 3.02. The molecule has 17 heavy (non-hydrogen) atoms. The summed E-state index contributed by atoms with van der Waals surface area (Å²) in [7, 11) is -3.72. The van der Waals surface area contributed by atoms with E-state index in [1.54, 1.807) is 6.92 Å². The molecular weight excluding hydrogens is 240 g/mol. The number of nitrogens with one attached hydrogen (secondary N) is 1. The SMILES string of the molecule is CCCNC(=O)c1ccc(S(N)(=O)=O)cc1C. The molecule has 0 aromatic heterocycles. The molecule has 94 valence electrons. The fraction of sp³-hybridized carbons (Fsp3) is 0.364. The van der Waals surface area contributed by atoms with Gasteiger partial charge >= 0.3 is 0 Å². The lowest BCUT2D eigenvalue weighted by molar-refractivity contribution is 0.0953. The summed E-state index contributed by atoms with van der Waals surface area (Å²) < 4.78 is 22.2. The average molecular weight is 256 g/mol. The van der Waals surface area contributed by atoms with Gasteiger partial charge in [0.1, 0.15) is 0 Å². The number of primary sulfonamides is 1. The van der Waals surface area contributed by atoms with Crippen molar-refractivity contribution in [2.75, 3.05) is 6.54 Å². The molecule has 0 fully saturated rings. The van der Waals surface area contributed by atoms with Crippen LogP contribution in [0.3, 0.4) is 0 Å². The number of hydrogen-bond donors (Lipinski definition) is 2. The maximum Gasteiger partial charge on any atom is 0.251 e. The number of benzene rings is 1. The standard InChI is InChI=1S/C11H16N2O3S/c1-3-6-13-11(14)10-5-4-9(7-8(10)2)17(12,15)16/h4-5,7H,3,6H2,1-2H3,(H,13,14)(H2,12,15,16). The van der Waals surface area contributed by atoms with E-state index < -0.39 is 10.0 Å². The van der Waals surface area contributed by atoms with E-state index in [2.05, 4.69) is 5.32 Å². The zero-order valence-electron chi connectivity index (χ0n) is 9.86. The smallest absolute Gasteiger partial charge is 0.251 e. The van der Waals surface area contributed by atoms with Crippen molar-refractivity contribution in [2.24, 2.45) is 5.14 Å². The Morgan fingerprint density at radius 1 is 1.41 bits per heavy atom. The van der Waals surface area contributed by atoms with Crippen molar-refractivity contribution in [1.29, 1.82) is 0 Å². The minimum Gasteiger partial charge on any atom is -0.352 e. The van der Waals surface area contributed by atoms with Gasteiger partial charge in [0.25, 0.3) is 5.91 Å². The van der Waals surface area contributed by atoms with Gasteiger partial charge in [-0.2, -0.15) is 0 Å². The highest BCUT2D eigenvalue weighted by molar-refractivity contribution is 7.89. The summed E-state index contributed by atoms with van der Waals surface area (Å²) in [5, 5.41) is 7.73. The Hall–Kier alpha value is -1.40. The predicted molar refractivity (Wildman–Crippen MR) is 65.2 cm³/mol. The van der Waals surface area contributed by atoms with Crippen LogP contribution in [-0.2, 0) is 10.0 Å². The van der Waals surface area contributed by atoms with Gasteiger partial charge in [0.05, 0.1) is 4.90 Å². The monoisotopic (exact) mass is 256 g/mol. The van der Waals surface area contributed by atoms with Crippen LogP contribution in [-0.4, -0.2) is 20.9 Å². The van der Waals surface area contributed by atoms with Crippen LogP contribution in [0.15, 0.2) is 23.1 Å². The highest BCUT2D eigenvalue weighted by Gasteiger charge is 2.13. The average Bonchev–Trinajstić information content (AvgIpc) is 2.24. The van der Waals surface area contributed by atoms with Gasteiger partial charge in [0.15, 0.2) is 0 Å². The molecule has 0 aliphatic heterocycles. The fourth-order valence-corrected chi connectivity index (χ4v) is 2.00. The van der Waals surface area contributed by atoms with E-state index in [1.807, 2.05) is 6.92 Å². The summed E-state index contributed by atoms with van der Waals surface area (Å²) in [5.41, 5.74) is 1.05. The molecule has 0 atom stereocenters. The molecule has 3 N–H and O–H groups in total. The number of nitrogens with two attached hydrogens (primary N) is 1. The summed E-state index contributed by atoms with van der Waals surface area (Å²) in [5.74, 6) is -0.203. The van der Waals surface area contributed by atoms with Crippen molar-refractivity contribution < 1.29 is 13.2 Å². The second-order valence-corrected chi connectivity index (χ2v) is 5.34. The molecular formula is C11H16N2O3S. The van der Waals surface area contributed by atoms with Crippen LogP contribution in [0.4, 0.5) is 0 Å². The van der Waals surface area contributed by atoms with Crippen LogP contribution in [0, 0.1) is 6.92 Å². The molecule has 5 nitrogen and oxygen atoms in total. The van der Waals surface area contributed by atoms with Gasteiger partial charge in [0.2, 0.25) is 10.0 Å². The van der Waals surface area contributed by atoms with Gasteiger partial charge < -0.3 is 5.32 Å². The fourth-order valence-electron chi connectivity index (χ4n) is 1.40. The first-order chi connectivity index (χ1) is 7.86. The molecule has 1 aromatic carbocycles. The number of rotatable bonds is 4. The molecule has 0 heterocycles. The summed E-state index contributed by atoms with van der Waals surface area (Å²) >= 11 is 0. The summed E-state index contributed by atoms with van der Waals surface area (Å²) in [4.78, 5) is 11.7. The van der Waals surface area contributed by atoms with Gasteiger partial charge in [-0.3, -0.25) is 4.79 Å². The third-order valence-corrected chi connectivity index (χ3v) is 3.22. The number of hydrogen-bond acceptors (Lipinski definition) is 3. The largest absolute Gasteiger partial charge is 0.352 e. The molecule has 1 aromatic rings. The molecule has 1 rings (SSSR count). The Morgan fingerprint density at radius 2 is 2.06 bits per heavy atom. The van der Waals surface area contributed by atoms with E-state index in [9.17, 15) is 13.2 Å². The number of carbonyl (C=O) groups is 1. The number of aryl methyl sites for hydroxylation is 1. The highest BCUT2D eigenvalue weighted by Crippen LogP contribution is 2.14. The minimum atomic E-state index is -3.72. The quantitative estimate of drug-likeness (QED) is 0.834.